The standard InChI is InChI=1S/C16H14F3N7O/c1-9-10(11-3-5-25(22-11)8-16(17,18)19)7-26-12(9)15(27)21-13(23-26)14-20-4-6-24(14)2/h3-7H,8H2,1-2H3,(H,21,23,27). The predicted molar refractivity (Wildman–Crippen MR) is 90.0 cm³/mol. The van der Waals surface area contributed by atoms with Crippen molar-refractivity contribution in [3.8, 4) is 22.9 Å². The number of fused-ring (bicyclic) bond motifs is 1. The van der Waals surface area contributed by atoms with Gasteiger partial charge in [0.25, 0.3) is 5.56 Å². The molecule has 4 heterocycles. The molecule has 11 heteroatoms. The fraction of sp³-hybridized carbons (Fsp3) is 0.250. The van der Waals surface area contributed by atoms with Gasteiger partial charge < -0.3 is 9.55 Å². The van der Waals surface area contributed by atoms with Crippen molar-refractivity contribution in [3.05, 3.63) is 46.8 Å². The second-order valence-corrected chi connectivity index (χ2v) is 6.14. The molecule has 0 unspecified atom stereocenters. The first-order valence-electron chi connectivity index (χ1n) is 7.93. The molecule has 0 fully saturated rings. The number of hydrogen-bond donors (Lipinski definition) is 1. The Morgan fingerprint density at radius 3 is 2.67 bits per heavy atom. The van der Waals surface area contributed by atoms with E-state index in [0.29, 0.717) is 28.2 Å². The van der Waals surface area contributed by atoms with E-state index >= 15 is 0 Å². The number of hydrogen-bond acceptors (Lipinski definition) is 4. The van der Waals surface area contributed by atoms with E-state index in [1.54, 1.807) is 37.1 Å². The maximum Gasteiger partial charge on any atom is 0.408 e. The lowest BCUT2D eigenvalue weighted by molar-refractivity contribution is -0.142. The molecule has 0 atom stereocenters. The van der Waals surface area contributed by atoms with Gasteiger partial charge in [-0.1, -0.05) is 0 Å². The molecule has 4 rings (SSSR count). The SMILES string of the molecule is Cc1c(-c2ccn(CC(F)(F)F)n2)cn2nc(-c3nccn3C)[nH]c(=O)c12. The van der Waals surface area contributed by atoms with E-state index in [1.165, 1.54) is 16.8 Å². The Morgan fingerprint density at radius 1 is 1.22 bits per heavy atom. The summed E-state index contributed by atoms with van der Waals surface area (Å²) in [7, 11) is 1.77. The summed E-state index contributed by atoms with van der Waals surface area (Å²) in [6.45, 7) is 0.520. The first kappa shape index (κ1) is 17.1. The maximum absolute atomic E-state index is 12.5. The van der Waals surface area contributed by atoms with Gasteiger partial charge in [-0.15, -0.1) is 5.10 Å². The Hall–Kier alpha value is -3.37. The fourth-order valence-electron chi connectivity index (χ4n) is 2.97. The molecule has 0 bridgehead atoms. The third-order valence-corrected chi connectivity index (χ3v) is 4.19. The number of imidazole rings is 1. The van der Waals surface area contributed by atoms with Crippen LogP contribution in [0.15, 0.2) is 35.6 Å². The molecule has 0 aliphatic heterocycles. The predicted octanol–water partition coefficient (Wildman–Crippen LogP) is 2.16. The van der Waals surface area contributed by atoms with Gasteiger partial charge in [0.15, 0.2) is 11.6 Å². The van der Waals surface area contributed by atoms with Gasteiger partial charge in [0.2, 0.25) is 0 Å². The van der Waals surface area contributed by atoms with Crippen LogP contribution in [0.25, 0.3) is 28.4 Å². The molecule has 0 aliphatic carbocycles. The Balaban J connectivity index is 1.82. The van der Waals surface area contributed by atoms with Crippen LogP contribution < -0.4 is 5.56 Å². The number of nitrogens with one attached hydrogen (secondary N) is 1. The molecule has 0 aromatic carbocycles. The minimum Gasteiger partial charge on any atom is -0.331 e. The normalized spacial score (nSPS) is 12.2. The highest BCUT2D eigenvalue weighted by Crippen LogP contribution is 2.26. The number of rotatable bonds is 3. The molecule has 140 valence electrons. The third-order valence-electron chi connectivity index (χ3n) is 4.19. The van der Waals surface area contributed by atoms with Crippen LogP contribution in [0.4, 0.5) is 13.2 Å². The molecule has 0 saturated heterocycles. The largest absolute Gasteiger partial charge is 0.408 e. The van der Waals surface area contributed by atoms with E-state index < -0.39 is 12.7 Å². The number of alkyl halides is 3. The highest BCUT2D eigenvalue weighted by molar-refractivity contribution is 5.73. The molecule has 27 heavy (non-hydrogen) atoms. The number of aryl methyl sites for hydroxylation is 2. The second-order valence-electron chi connectivity index (χ2n) is 6.14. The number of H-pyrrole nitrogens is 1. The van der Waals surface area contributed by atoms with Gasteiger partial charge in [0.05, 0.1) is 5.69 Å². The van der Waals surface area contributed by atoms with Crippen LogP contribution in [-0.4, -0.2) is 40.1 Å². The number of halogens is 3. The Kier molecular flexibility index (Phi) is 3.68. The number of aromatic amines is 1. The lowest BCUT2D eigenvalue weighted by atomic mass is 10.1. The molecule has 0 aliphatic rings. The average molecular weight is 377 g/mol. The molecule has 0 radical (unpaired) electrons. The average Bonchev–Trinajstić information content (AvgIpc) is 3.25. The Morgan fingerprint density at radius 2 is 2.00 bits per heavy atom. The van der Waals surface area contributed by atoms with E-state index in [2.05, 4.69) is 20.2 Å². The van der Waals surface area contributed by atoms with Crippen LogP contribution in [0.2, 0.25) is 0 Å². The summed E-state index contributed by atoms with van der Waals surface area (Å²) in [6, 6.07) is 1.47. The fourth-order valence-corrected chi connectivity index (χ4v) is 2.97. The Bertz CT molecular complexity index is 1200. The summed E-state index contributed by atoms with van der Waals surface area (Å²) in [4.78, 5) is 19.4. The molecule has 0 saturated carbocycles. The highest BCUT2D eigenvalue weighted by atomic mass is 19.4. The lowest BCUT2D eigenvalue weighted by Crippen LogP contribution is -2.17. The summed E-state index contributed by atoms with van der Waals surface area (Å²) >= 11 is 0. The molecular weight excluding hydrogens is 363 g/mol. The van der Waals surface area contributed by atoms with Gasteiger partial charge in [-0.05, 0) is 18.6 Å². The minimum atomic E-state index is -4.36. The van der Waals surface area contributed by atoms with Gasteiger partial charge in [-0.2, -0.15) is 18.3 Å². The third kappa shape index (κ3) is 3.00. The maximum atomic E-state index is 12.5. The molecule has 0 amide bonds. The van der Waals surface area contributed by atoms with Gasteiger partial charge in [-0.3, -0.25) is 9.48 Å². The van der Waals surface area contributed by atoms with Crippen molar-refractivity contribution in [2.75, 3.05) is 0 Å². The summed E-state index contributed by atoms with van der Waals surface area (Å²) in [5.41, 5.74) is 1.37. The summed E-state index contributed by atoms with van der Waals surface area (Å²) in [5, 5.41) is 8.34. The van der Waals surface area contributed by atoms with Crippen molar-refractivity contribution in [1.29, 1.82) is 0 Å². The van der Waals surface area contributed by atoms with E-state index in [4.69, 9.17) is 0 Å². The monoisotopic (exact) mass is 377 g/mol. The molecule has 8 nitrogen and oxygen atoms in total. The van der Waals surface area contributed by atoms with Crippen LogP contribution in [0, 0.1) is 6.92 Å². The van der Waals surface area contributed by atoms with E-state index in [9.17, 15) is 18.0 Å². The van der Waals surface area contributed by atoms with Crippen molar-refractivity contribution in [2.24, 2.45) is 7.05 Å². The zero-order chi connectivity index (χ0) is 19.3. The van der Waals surface area contributed by atoms with E-state index in [1.807, 2.05) is 0 Å². The van der Waals surface area contributed by atoms with Crippen LogP contribution >= 0.6 is 0 Å². The van der Waals surface area contributed by atoms with Crippen molar-refractivity contribution in [2.45, 2.75) is 19.6 Å². The lowest BCUT2D eigenvalue weighted by Gasteiger charge is -2.05. The van der Waals surface area contributed by atoms with Crippen LogP contribution in [0.5, 0.6) is 0 Å². The number of aromatic nitrogens is 7. The van der Waals surface area contributed by atoms with Gasteiger partial charge in [0.1, 0.15) is 12.1 Å². The van der Waals surface area contributed by atoms with Crippen LogP contribution in [0.3, 0.4) is 0 Å². The molecule has 0 spiro atoms. The number of nitrogens with zero attached hydrogens (tertiary/aromatic N) is 6. The zero-order valence-electron chi connectivity index (χ0n) is 14.3. The summed E-state index contributed by atoms with van der Waals surface area (Å²) < 4.78 is 41.5. The topological polar surface area (TPSA) is 85.8 Å². The zero-order valence-corrected chi connectivity index (χ0v) is 14.3. The second kappa shape index (κ2) is 5.83. The smallest absolute Gasteiger partial charge is 0.331 e. The minimum absolute atomic E-state index is 0.282. The van der Waals surface area contributed by atoms with Gasteiger partial charge in [0, 0.05) is 37.4 Å². The van der Waals surface area contributed by atoms with Crippen molar-refractivity contribution in [3.63, 3.8) is 0 Å². The van der Waals surface area contributed by atoms with Crippen LogP contribution in [0.1, 0.15) is 5.56 Å². The first-order chi connectivity index (χ1) is 12.7. The van der Waals surface area contributed by atoms with Crippen LogP contribution in [-0.2, 0) is 13.6 Å². The Labute approximate surface area is 149 Å². The molecular formula is C16H14F3N7O. The molecule has 1 N–H and O–H groups in total. The quantitative estimate of drug-likeness (QED) is 0.593. The van der Waals surface area contributed by atoms with E-state index in [-0.39, 0.29) is 11.4 Å². The molecule has 4 aromatic heterocycles. The van der Waals surface area contributed by atoms with E-state index in [0.717, 1.165) is 4.68 Å². The highest BCUT2D eigenvalue weighted by Gasteiger charge is 2.28. The first-order valence-corrected chi connectivity index (χ1v) is 7.93. The summed E-state index contributed by atoms with van der Waals surface area (Å²) in [5.74, 6) is 0.764. The van der Waals surface area contributed by atoms with Crippen molar-refractivity contribution in [1.82, 2.24) is 33.9 Å². The summed E-state index contributed by atoms with van der Waals surface area (Å²) in [6.07, 6.45) is 1.77. The van der Waals surface area contributed by atoms with Gasteiger partial charge in [-0.25, -0.2) is 9.50 Å². The van der Waals surface area contributed by atoms with Gasteiger partial charge >= 0.3 is 6.18 Å². The van der Waals surface area contributed by atoms with Crippen molar-refractivity contribution < 1.29 is 13.2 Å². The molecule has 4 aromatic rings. The van der Waals surface area contributed by atoms with Crippen molar-refractivity contribution >= 4 is 5.52 Å².